The molecule has 2 aromatic carbocycles. The molecule has 1 aliphatic rings. The SMILES string of the molecule is CCCCN1C(=O)CC[C@@H](C(=O)Nc2ccc(F)cc2)[C@@H]1c1ccccc1OC. The van der Waals surface area contributed by atoms with Crippen LogP contribution < -0.4 is 10.1 Å². The van der Waals surface area contributed by atoms with Gasteiger partial charge in [0.1, 0.15) is 11.6 Å². The molecule has 6 heteroatoms. The lowest BCUT2D eigenvalue weighted by Gasteiger charge is -2.41. The number of hydrogen-bond acceptors (Lipinski definition) is 3. The fourth-order valence-corrected chi connectivity index (χ4v) is 3.88. The molecule has 0 aromatic heterocycles. The van der Waals surface area contributed by atoms with Gasteiger partial charge in [0.25, 0.3) is 0 Å². The number of likely N-dealkylation sites (tertiary alicyclic amines) is 1. The molecule has 2 aromatic rings. The number of anilines is 1. The highest BCUT2D eigenvalue weighted by Crippen LogP contribution is 2.41. The summed E-state index contributed by atoms with van der Waals surface area (Å²) in [5, 5.41) is 2.88. The van der Waals surface area contributed by atoms with Crippen molar-refractivity contribution in [2.45, 2.75) is 38.6 Å². The number of nitrogens with one attached hydrogen (secondary N) is 1. The Kier molecular flexibility index (Phi) is 6.86. The highest BCUT2D eigenvalue weighted by Gasteiger charge is 2.41. The smallest absolute Gasteiger partial charge is 0.229 e. The van der Waals surface area contributed by atoms with Gasteiger partial charge in [0.15, 0.2) is 0 Å². The molecule has 1 aliphatic heterocycles. The van der Waals surface area contributed by atoms with Crippen LogP contribution in [0.1, 0.15) is 44.2 Å². The van der Waals surface area contributed by atoms with E-state index in [4.69, 9.17) is 4.74 Å². The number of carbonyl (C=O) groups excluding carboxylic acids is 2. The van der Waals surface area contributed by atoms with E-state index in [-0.39, 0.29) is 17.6 Å². The number of unbranched alkanes of at least 4 members (excludes halogenated alkanes) is 1. The van der Waals surface area contributed by atoms with E-state index >= 15 is 0 Å². The molecule has 0 spiro atoms. The Morgan fingerprint density at radius 1 is 1.21 bits per heavy atom. The van der Waals surface area contributed by atoms with Crippen LogP contribution in [0.5, 0.6) is 5.75 Å². The Morgan fingerprint density at radius 2 is 1.93 bits per heavy atom. The van der Waals surface area contributed by atoms with Crippen molar-refractivity contribution in [1.82, 2.24) is 4.90 Å². The molecule has 0 aliphatic carbocycles. The van der Waals surface area contributed by atoms with Gasteiger partial charge >= 0.3 is 0 Å². The van der Waals surface area contributed by atoms with E-state index in [0.717, 1.165) is 18.4 Å². The number of nitrogens with zero attached hydrogens (tertiary/aromatic N) is 1. The van der Waals surface area contributed by atoms with Crippen LogP contribution in [0.15, 0.2) is 48.5 Å². The lowest BCUT2D eigenvalue weighted by atomic mass is 9.83. The molecular formula is C23H27FN2O3. The van der Waals surface area contributed by atoms with Crippen LogP contribution in [0.4, 0.5) is 10.1 Å². The van der Waals surface area contributed by atoms with E-state index in [1.165, 1.54) is 24.3 Å². The Bertz CT molecular complexity index is 853. The molecule has 2 amide bonds. The average molecular weight is 398 g/mol. The molecule has 3 rings (SSSR count). The Labute approximate surface area is 170 Å². The predicted octanol–water partition coefficient (Wildman–Crippen LogP) is 4.55. The molecule has 2 atom stereocenters. The summed E-state index contributed by atoms with van der Waals surface area (Å²) < 4.78 is 18.7. The van der Waals surface area contributed by atoms with Gasteiger partial charge in [-0.15, -0.1) is 0 Å². The quantitative estimate of drug-likeness (QED) is 0.744. The van der Waals surface area contributed by atoms with Gasteiger partial charge in [0.05, 0.1) is 19.1 Å². The predicted molar refractivity (Wildman–Crippen MR) is 110 cm³/mol. The minimum atomic E-state index is -0.425. The average Bonchev–Trinajstić information content (AvgIpc) is 2.74. The third-order valence-electron chi connectivity index (χ3n) is 5.37. The second-order valence-electron chi connectivity index (χ2n) is 7.27. The van der Waals surface area contributed by atoms with Crippen LogP contribution in [-0.2, 0) is 9.59 Å². The van der Waals surface area contributed by atoms with Gasteiger partial charge in [-0.1, -0.05) is 31.5 Å². The standard InChI is InChI=1S/C23H27FN2O3/c1-3-4-15-26-21(27)14-13-19(22(26)18-7-5-6-8-20(18)29-2)23(28)25-17-11-9-16(24)10-12-17/h5-12,19,22H,3-4,13-15H2,1-2H3,(H,25,28)/t19-,22+/m1/s1. The second kappa shape index (κ2) is 9.54. The van der Waals surface area contributed by atoms with E-state index in [1.54, 1.807) is 7.11 Å². The van der Waals surface area contributed by atoms with Crippen LogP contribution in [0.3, 0.4) is 0 Å². The normalized spacial score (nSPS) is 19.1. The van der Waals surface area contributed by atoms with Crippen LogP contribution >= 0.6 is 0 Å². The van der Waals surface area contributed by atoms with E-state index in [9.17, 15) is 14.0 Å². The maximum Gasteiger partial charge on any atom is 0.229 e. The van der Waals surface area contributed by atoms with E-state index < -0.39 is 12.0 Å². The number of rotatable bonds is 7. The summed E-state index contributed by atoms with van der Waals surface area (Å²) in [6, 6.07) is 12.8. The minimum Gasteiger partial charge on any atom is -0.496 e. The highest BCUT2D eigenvalue weighted by molar-refractivity contribution is 5.94. The van der Waals surface area contributed by atoms with Crippen molar-refractivity contribution in [3.8, 4) is 5.75 Å². The first-order valence-electron chi connectivity index (χ1n) is 10.0. The first-order chi connectivity index (χ1) is 14.0. The van der Waals surface area contributed by atoms with Crippen LogP contribution in [0.2, 0.25) is 0 Å². The molecule has 1 fully saturated rings. The van der Waals surface area contributed by atoms with E-state index in [1.807, 2.05) is 29.2 Å². The molecule has 154 valence electrons. The number of ether oxygens (including phenoxy) is 1. The maximum atomic E-state index is 13.2. The van der Waals surface area contributed by atoms with Gasteiger partial charge in [0.2, 0.25) is 11.8 Å². The number of piperidine rings is 1. The van der Waals surface area contributed by atoms with Gasteiger partial charge in [0, 0.05) is 24.2 Å². The summed E-state index contributed by atoms with van der Waals surface area (Å²) in [5.74, 6) is -0.246. The van der Waals surface area contributed by atoms with Gasteiger partial charge in [-0.2, -0.15) is 0 Å². The molecule has 0 saturated carbocycles. The van der Waals surface area contributed by atoms with Crippen molar-refractivity contribution in [2.75, 3.05) is 19.0 Å². The lowest BCUT2D eigenvalue weighted by Crippen LogP contribution is -2.47. The Morgan fingerprint density at radius 3 is 2.62 bits per heavy atom. The molecule has 0 bridgehead atoms. The van der Waals surface area contributed by atoms with Gasteiger partial charge < -0.3 is 15.0 Å². The minimum absolute atomic E-state index is 0.0557. The molecule has 0 radical (unpaired) electrons. The van der Waals surface area contributed by atoms with Crippen LogP contribution in [-0.4, -0.2) is 30.4 Å². The zero-order valence-corrected chi connectivity index (χ0v) is 16.9. The number of methoxy groups -OCH3 is 1. The van der Waals surface area contributed by atoms with Gasteiger partial charge in [-0.3, -0.25) is 9.59 Å². The molecule has 1 heterocycles. The first kappa shape index (κ1) is 20.8. The number of amides is 2. The summed E-state index contributed by atoms with van der Waals surface area (Å²) in [7, 11) is 1.59. The Hall–Kier alpha value is -2.89. The fraction of sp³-hybridized carbons (Fsp3) is 0.391. The second-order valence-corrected chi connectivity index (χ2v) is 7.27. The number of halogens is 1. The fourth-order valence-electron chi connectivity index (χ4n) is 3.88. The van der Waals surface area contributed by atoms with Crippen molar-refractivity contribution in [3.05, 3.63) is 59.9 Å². The molecular weight excluding hydrogens is 371 g/mol. The van der Waals surface area contributed by atoms with E-state index in [2.05, 4.69) is 12.2 Å². The molecule has 29 heavy (non-hydrogen) atoms. The van der Waals surface area contributed by atoms with Crippen LogP contribution in [0, 0.1) is 11.7 Å². The van der Waals surface area contributed by atoms with Crippen molar-refractivity contribution >= 4 is 17.5 Å². The molecule has 1 saturated heterocycles. The third-order valence-corrected chi connectivity index (χ3v) is 5.37. The number of benzene rings is 2. The van der Waals surface area contributed by atoms with Crippen LogP contribution in [0.25, 0.3) is 0 Å². The Balaban J connectivity index is 1.94. The van der Waals surface area contributed by atoms with Crippen molar-refractivity contribution in [2.24, 2.45) is 5.92 Å². The number of hydrogen-bond donors (Lipinski definition) is 1. The van der Waals surface area contributed by atoms with Crippen molar-refractivity contribution in [3.63, 3.8) is 0 Å². The monoisotopic (exact) mass is 398 g/mol. The first-order valence-corrected chi connectivity index (χ1v) is 10.0. The summed E-state index contributed by atoms with van der Waals surface area (Å²) in [6.07, 6.45) is 2.60. The zero-order valence-electron chi connectivity index (χ0n) is 16.9. The van der Waals surface area contributed by atoms with Gasteiger partial charge in [-0.05, 0) is 43.2 Å². The summed E-state index contributed by atoms with van der Waals surface area (Å²) in [5.41, 5.74) is 1.37. The highest BCUT2D eigenvalue weighted by atomic mass is 19.1. The lowest BCUT2D eigenvalue weighted by molar-refractivity contribution is -0.142. The zero-order chi connectivity index (χ0) is 20.8. The van der Waals surface area contributed by atoms with E-state index in [0.29, 0.717) is 30.8 Å². The summed E-state index contributed by atoms with van der Waals surface area (Å²) in [4.78, 5) is 27.8. The topological polar surface area (TPSA) is 58.6 Å². The van der Waals surface area contributed by atoms with Crippen molar-refractivity contribution in [1.29, 1.82) is 0 Å². The number of carbonyl (C=O) groups is 2. The largest absolute Gasteiger partial charge is 0.496 e. The molecule has 5 nitrogen and oxygen atoms in total. The van der Waals surface area contributed by atoms with Crippen molar-refractivity contribution < 1.29 is 18.7 Å². The molecule has 0 unspecified atom stereocenters. The van der Waals surface area contributed by atoms with Gasteiger partial charge in [-0.25, -0.2) is 4.39 Å². The molecule has 1 N–H and O–H groups in total. The summed E-state index contributed by atoms with van der Waals surface area (Å²) in [6.45, 7) is 2.67. The summed E-state index contributed by atoms with van der Waals surface area (Å²) >= 11 is 0. The number of para-hydroxylation sites is 1. The third kappa shape index (κ3) is 4.75. The maximum absolute atomic E-state index is 13.2.